The number of carbonyl (C=O) groups is 1. The SMILES string of the molecule is CC(=O)/C=C(/C)O.CC(C)(C)c1ccnc(-c2[c-]ccc3c2C(C)(C)c2ccc(-c4ccccc4)cc2C3(C)C)c1.[Ir]. The molecular formula is C38H42IrNO2-. The molecule has 0 amide bonds. The number of aliphatic hydroxyl groups is 1. The summed E-state index contributed by atoms with van der Waals surface area (Å²) in [6.45, 7) is 19.0. The van der Waals surface area contributed by atoms with Crippen LogP contribution in [0.4, 0.5) is 0 Å². The van der Waals surface area contributed by atoms with E-state index in [-0.39, 0.29) is 47.9 Å². The monoisotopic (exact) mass is 737 g/mol. The van der Waals surface area contributed by atoms with Crippen molar-refractivity contribution in [3.8, 4) is 22.4 Å². The number of fused-ring (bicyclic) bond motifs is 2. The standard InChI is InChI=1S/C33H34N.C5H8O2.Ir/c1-31(2,3)24-18-19-34-29(21-24)25-14-11-15-27-30(25)33(6,7)26-17-16-23(20-28(26)32(27,4)5)22-12-9-8-10-13-22;1-4(6)3-5(2)7;/h8-13,15-21H,1-7H3;3,6H,1-2H3;/q-1;;/b;4-3-;. The number of carbonyl (C=O) groups excluding carboxylic acids is 1. The van der Waals surface area contributed by atoms with E-state index in [0.29, 0.717) is 0 Å². The Bertz CT molecular complexity index is 1600. The Labute approximate surface area is 265 Å². The van der Waals surface area contributed by atoms with Gasteiger partial charge in [0, 0.05) is 32.4 Å². The second-order valence-corrected chi connectivity index (χ2v) is 13.1. The summed E-state index contributed by atoms with van der Waals surface area (Å²) in [6.07, 6.45) is 3.12. The molecule has 42 heavy (non-hydrogen) atoms. The Morgan fingerprint density at radius 2 is 1.50 bits per heavy atom. The van der Waals surface area contributed by atoms with Crippen LogP contribution >= 0.6 is 0 Å². The minimum atomic E-state index is -0.165. The molecule has 0 atom stereocenters. The zero-order valence-electron chi connectivity index (χ0n) is 26.2. The van der Waals surface area contributed by atoms with Crippen molar-refractivity contribution in [3.05, 3.63) is 125 Å². The van der Waals surface area contributed by atoms with Crippen LogP contribution in [0.1, 0.15) is 90.1 Å². The Hall–Kier alpha value is -3.33. The Balaban J connectivity index is 0.000000541. The van der Waals surface area contributed by atoms with E-state index >= 15 is 0 Å². The molecule has 4 heteroatoms. The first-order valence-corrected chi connectivity index (χ1v) is 14.2. The van der Waals surface area contributed by atoms with E-state index in [9.17, 15) is 4.79 Å². The smallest absolute Gasteiger partial charge is 0.155 e. The number of pyridine rings is 1. The average Bonchev–Trinajstić information content (AvgIpc) is 2.91. The molecule has 3 aromatic carbocycles. The molecule has 1 aliphatic rings. The summed E-state index contributed by atoms with van der Waals surface area (Å²) in [7, 11) is 0. The van der Waals surface area contributed by atoms with Crippen LogP contribution in [0.5, 0.6) is 0 Å². The quantitative estimate of drug-likeness (QED) is 0.130. The van der Waals surface area contributed by atoms with Crippen molar-refractivity contribution < 1.29 is 30.0 Å². The van der Waals surface area contributed by atoms with Crippen LogP contribution in [-0.2, 0) is 41.1 Å². The number of rotatable bonds is 3. The van der Waals surface area contributed by atoms with Crippen molar-refractivity contribution in [2.45, 2.75) is 78.6 Å². The molecule has 1 heterocycles. The second kappa shape index (κ2) is 12.5. The Morgan fingerprint density at radius 1 is 0.833 bits per heavy atom. The van der Waals surface area contributed by atoms with Gasteiger partial charge in [-0.05, 0) is 69.7 Å². The van der Waals surface area contributed by atoms with Gasteiger partial charge in [0.1, 0.15) is 0 Å². The summed E-state index contributed by atoms with van der Waals surface area (Å²) in [5.74, 6) is -0.0625. The molecule has 0 saturated carbocycles. The maximum Gasteiger partial charge on any atom is 0.155 e. The van der Waals surface area contributed by atoms with Gasteiger partial charge in [-0.3, -0.25) is 4.79 Å². The van der Waals surface area contributed by atoms with Crippen molar-refractivity contribution in [1.82, 2.24) is 4.98 Å². The molecule has 3 nitrogen and oxygen atoms in total. The van der Waals surface area contributed by atoms with Gasteiger partial charge in [-0.2, -0.15) is 0 Å². The minimum Gasteiger partial charge on any atom is -0.512 e. The number of hydrogen-bond donors (Lipinski definition) is 1. The van der Waals surface area contributed by atoms with E-state index in [2.05, 4.69) is 127 Å². The third kappa shape index (κ3) is 6.66. The third-order valence-corrected chi connectivity index (χ3v) is 8.06. The predicted molar refractivity (Wildman–Crippen MR) is 170 cm³/mol. The van der Waals surface area contributed by atoms with Gasteiger partial charge < -0.3 is 10.1 Å². The van der Waals surface area contributed by atoms with Gasteiger partial charge >= 0.3 is 0 Å². The van der Waals surface area contributed by atoms with Crippen LogP contribution in [0.2, 0.25) is 0 Å². The van der Waals surface area contributed by atoms with Gasteiger partial charge in [-0.15, -0.1) is 34.9 Å². The molecule has 1 N–H and O–H groups in total. The van der Waals surface area contributed by atoms with Gasteiger partial charge in [0.15, 0.2) is 5.78 Å². The number of aromatic nitrogens is 1. The van der Waals surface area contributed by atoms with Crippen LogP contribution < -0.4 is 0 Å². The van der Waals surface area contributed by atoms with Crippen molar-refractivity contribution in [2.24, 2.45) is 0 Å². The summed E-state index contributed by atoms with van der Waals surface area (Å²) in [5.41, 5.74) is 11.2. The van der Waals surface area contributed by atoms with Gasteiger partial charge in [0.05, 0.1) is 5.76 Å². The zero-order valence-corrected chi connectivity index (χ0v) is 28.6. The summed E-state index contributed by atoms with van der Waals surface area (Å²) < 4.78 is 0. The molecule has 4 aromatic rings. The van der Waals surface area contributed by atoms with Crippen LogP contribution in [0, 0.1) is 6.07 Å². The van der Waals surface area contributed by atoms with E-state index in [4.69, 9.17) is 10.1 Å². The van der Waals surface area contributed by atoms with E-state index in [1.807, 2.05) is 6.20 Å². The van der Waals surface area contributed by atoms with Crippen molar-refractivity contribution >= 4 is 5.78 Å². The van der Waals surface area contributed by atoms with Gasteiger partial charge in [-0.25, -0.2) is 0 Å². The number of allylic oxidation sites excluding steroid dienone is 2. The van der Waals surface area contributed by atoms with Crippen LogP contribution in [-0.4, -0.2) is 15.9 Å². The molecule has 0 bridgehead atoms. The topological polar surface area (TPSA) is 50.2 Å². The molecule has 1 aromatic heterocycles. The zero-order chi connectivity index (χ0) is 30.2. The van der Waals surface area contributed by atoms with Gasteiger partial charge in [0.2, 0.25) is 0 Å². The molecule has 1 radical (unpaired) electrons. The third-order valence-electron chi connectivity index (χ3n) is 8.06. The van der Waals surface area contributed by atoms with E-state index in [1.54, 1.807) is 0 Å². The predicted octanol–water partition coefficient (Wildman–Crippen LogP) is 9.51. The first-order chi connectivity index (χ1) is 19.1. The Kier molecular flexibility index (Phi) is 9.87. The van der Waals surface area contributed by atoms with Gasteiger partial charge in [-0.1, -0.05) is 103 Å². The van der Waals surface area contributed by atoms with Crippen molar-refractivity contribution in [3.63, 3.8) is 0 Å². The number of ketones is 1. The fourth-order valence-electron chi connectivity index (χ4n) is 5.89. The molecule has 221 valence electrons. The summed E-state index contributed by atoms with van der Waals surface area (Å²) in [5, 5.41) is 8.36. The first kappa shape index (κ1) is 33.2. The maximum atomic E-state index is 10.0. The Morgan fingerprint density at radius 3 is 2.07 bits per heavy atom. The number of benzene rings is 3. The average molecular weight is 737 g/mol. The van der Waals surface area contributed by atoms with E-state index in [1.165, 1.54) is 58.9 Å². The summed E-state index contributed by atoms with van der Waals surface area (Å²) in [4.78, 5) is 14.8. The van der Waals surface area contributed by atoms with Crippen molar-refractivity contribution in [1.29, 1.82) is 0 Å². The largest absolute Gasteiger partial charge is 0.512 e. The van der Waals surface area contributed by atoms with Crippen LogP contribution in [0.3, 0.4) is 0 Å². The normalized spacial score (nSPS) is 14.8. The number of nitrogens with zero attached hydrogens (tertiary/aromatic N) is 1. The van der Waals surface area contributed by atoms with Crippen LogP contribution in [0.25, 0.3) is 22.4 Å². The number of hydrogen-bond acceptors (Lipinski definition) is 3. The summed E-state index contributed by atoms with van der Waals surface area (Å²) in [6, 6.07) is 30.0. The molecule has 0 fully saturated rings. The van der Waals surface area contributed by atoms with Crippen molar-refractivity contribution in [2.75, 3.05) is 0 Å². The maximum absolute atomic E-state index is 10.0. The van der Waals surface area contributed by atoms with E-state index < -0.39 is 0 Å². The molecule has 0 spiro atoms. The molecule has 0 unspecified atom stereocenters. The fraction of sp³-hybridized carbons (Fsp3) is 0.316. The summed E-state index contributed by atoms with van der Waals surface area (Å²) >= 11 is 0. The minimum absolute atomic E-state index is 0. The molecule has 0 saturated heterocycles. The molecule has 1 aliphatic carbocycles. The molecule has 5 rings (SSSR count). The van der Waals surface area contributed by atoms with Gasteiger partial charge in [0.25, 0.3) is 0 Å². The molecular weight excluding hydrogens is 695 g/mol. The van der Waals surface area contributed by atoms with Crippen LogP contribution in [0.15, 0.2) is 90.8 Å². The molecule has 0 aliphatic heterocycles. The van der Waals surface area contributed by atoms with E-state index in [0.717, 1.165) is 11.3 Å². The first-order valence-electron chi connectivity index (χ1n) is 14.2. The fourth-order valence-corrected chi connectivity index (χ4v) is 5.89. The number of aliphatic hydroxyl groups excluding tert-OH is 1. The second-order valence-electron chi connectivity index (χ2n) is 13.1.